The van der Waals surface area contributed by atoms with Gasteiger partial charge >= 0.3 is 0 Å². The highest BCUT2D eigenvalue weighted by atomic mass is 15.2. The molecule has 1 aromatic carbocycles. The summed E-state index contributed by atoms with van der Waals surface area (Å²) in [4.78, 5) is 2.82. The van der Waals surface area contributed by atoms with E-state index in [1.165, 1.54) is 38.8 Å². The first-order valence-corrected chi connectivity index (χ1v) is 12.5. The fourth-order valence-corrected chi connectivity index (χ4v) is 9.32. The molecular weight excluding hydrogens is 364 g/mol. The summed E-state index contributed by atoms with van der Waals surface area (Å²) in [6, 6.07) is 9.76. The van der Waals surface area contributed by atoms with Gasteiger partial charge in [0.25, 0.3) is 0 Å². The zero-order valence-corrected chi connectivity index (χ0v) is 18.2. The smallest absolute Gasteiger partial charge is 0.0548 e. The van der Waals surface area contributed by atoms with Gasteiger partial charge in [0.2, 0.25) is 0 Å². The van der Waals surface area contributed by atoms with Crippen molar-refractivity contribution < 1.29 is 0 Å². The van der Waals surface area contributed by atoms with E-state index in [1.807, 2.05) is 28.0 Å². The summed E-state index contributed by atoms with van der Waals surface area (Å²) < 4.78 is 0. The Morgan fingerprint density at radius 1 is 0.733 bits per heavy atom. The number of nitrogens with one attached hydrogen (secondary N) is 1. The molecule has 0 amide bonds. The Morgan fingerprint density at radius 3 is 2.23 bits per heavy atom. The predicted molar refractivity (Wildman–Crippen MR) is 120 cm³/mol. The van der Waals surface area contributed by atoms with E-state index in [-0.39, 0.29) is 0 Å². The van der Waals surface area contributed by atoms with Crippen molar-refractivity contribution in [2.24, 2.45) is 29.6 Å². The number of rotatable bonds is 0. The minimum Gasteiger partial charge on any atom is -0.374 e. The average Bonchev–Trinajstić information content (AvgIpc) is 2.83. The molecule has 2 nitrogen and oxygen atoms in total. The molecule has 0 aromatic heterocycles. The Kier molecular flexibility index (Phi) is 3.09. The largest absolute Gasteiger partial charge is 0.374 e. The van der Waals surface area contributed by atoms with Crippen LogP contribution < -0.4 is 5.32 Å². The van der Waals surface area contributed by atoms with E-state index in [2.05, 4.69) is 48.3 Å². The molecule has 1 fully saturated rings. The number of fused-ring (bicyclic) bond motifs is 4. The van der Waals surface area contributed by atoms with Crippen molar-refractivity contribution in [2.75, 3.05) is 19.6 Å². The number of benzene rings is 1. The van der Waals surface area contributed by atoms with Gasteiger partial charge < -0.3 is 10.2 Å². The fraction of sp³-hybridized carbons (Fsp3) is 0.571. The Hall–Kier alpha value is -1.80. The van der Waals surface area contributed by atoms with Gasteiger partial charge in [-0.2, -0.15) is 0 Å². The van der Waals surface area contributed by atoms with Gasteiger partial charge in [-0.05, 0) is 59.8 Å². The lowest BCUT2D eigenvalue weighted by molar-refractivity contribution is 0.143. The number of hydrogen-bond donors (Lipinski definition) is 1. The molecular formula is C28H32N2. The van der Waals surface area contributed by atoms with E-state index in [0.717, 1.165) is 24.3 Å². The summed E-state index contributed by atoms with van der Waals surface area (Å²) in [7, 11) is 0. The standard InChI is InChI=1S/C28H32N2/c1-14-23-20-8-7-19(26-16-9-11-30(12-10-16)28(20)26)22(23)15(2)25-24(14)21-13-29-27(25)18-6-4-3-5-17(18)21/h3-6,14-16,19-21,27,29H,7-13H2,1-2H3. The van der Waals surface area contributed by atoms with Crippen molar-refractivity contribution in [3.8, 4) is 0 Å². The second-order valence-electron chi connectivity index (χ2n) is 11.1. The first kappa shape index (κ1) is 16.8. The molecule has 6 atom stereocenters. The van der Waals surface area contributed by atoms with E-state index >= 15 is 0 Å². The van der Waals surface area contributed by atoms with Gasteiger partial charge in [-0.1, -0.05) is 54.8 Å². The Morgan fingerprint density at radius 2 is 1.40 bits per heavy atom. The monoisotopic (exact) mass is 396 g/mol. The highest BCUT2D eigenvalue weighted by Gasteiger charge is 2.55. The predicted octanol–water partition coefficient (Wildman–Crippen LogP) is 5.33. The average molecular weight is 397 g/mol. The summed E-state index contributed by atoms with van der Waals surface area (Å²) in [6.45, 7) is 8.95. The normalized spacial score (nSPS) is 40.7. The molecule has 6 unspecified atom stereocenters. The maximum Gasteiger partial charge on any atom is 0.0548 e. The van der Waals surface area contributed by atoms with Gasteiger partial charge in [-0.3, -0.25) is 0 Å². The van der Waals surface area contributed by atoms with Gasteiger partial charge in [-0.15, -0.1) is 0 Å². The van der Waals surface area contributed by atoms with Crippen molar-refractivity contribution in [2.45, 2.75) is 51.5 Å². The van der Waals surface area contributed by atoms with Crippen LogP contribution in [0.1, 0.15) is 62.6 Å². The van der Waals surface area contributed by atoms with Gasteiger partial charge in [0.1, 0.15) is 0 Å². The van der Waals surface area contributed by atoms with Gasteiger partial charge in [0.05, 0.1) is 6.04 Å². The lowest BCUT2D eigenvalue weighted by Gasteiger charge is -2.60. The highest BCUT2D eigenvalue weighted by Crippen LogP contribution is 2.65. The van der Waals surface area contributed by atoms with Crippen LogP contribution in [0, 0.1) is 29.6 Å². The molecule has 5 aliphatic carbocycles. The van der Waals surface area contributed by atoms with E-state index in [9.17, 15) is 0 Å². The van der Waals surface area contributed by atoms with Gasteiger partial charge in [0.15, 0.2) is 0 Å². The van der Waals surface area contributed by atoms with Crippen molar-refractivity contribution in [1.82, 2.24) is 10.2 Å². The number of allylic oxidation sites excluding steroid dienone is 3. The molecule has 2 heteroatoms. The van der Waals surface area contributed by atoms with Gasteiger partial charge in [-0.25, -0.2) is 0 Å². The van der Waals surface area contributed by atoms with E-state index in [0.29, 0.717) is 23.8 Å². The van der Waals surface area contributed by atoms with Crippen LogP contribution in [0.25, 0.3) is 0 Å². The van der Waals surface area contributed by atoms with Gasteiger partial charge in [0, 0.05) is 49.0 Å². The third-order valence-corrected chi connectivity index (χ3v) is 10.2. The molecule has 5 heterocycles. The second kappa shape index (κ2) is 5.51. The summed E-state index contributed by atoms with van der Waals surface area (Å²) >= 11 is 0. The fourth-order valence-electron chi connectivity index (χ4n) is 9.32. The quantitative estimate of drug-likeness (QED) is 0.597. The van der Waals surface area contributed by atoms with Crippen LogP contribution >= 0.6 is 0 Å². The molecule has 0 saturated carbocycles. The molecule has 0 radical (unpaired) electrons. The van der Waals surface area contributed by atoms with Crippen LogP contribution in [0.2, 0.25) is 0 Å². The molecule has 11 rings (SSSR count). The third kappa shape index (κ3) is 1.76. The van der Waals surface area contributed by atoms with Crippen molar-refractivity contribution in [1.29, 1.82) is 0 Å². The minimum absolute atomic E-state index is 0.452. The zero-order chi connectivity index (χ0) is 19.7. The Labute approximate surface area is 180 Å². The molecule has 1 aromatic rings. The molecule has 5 aliphatic heterocycles. The lowest BCUT2D eigenvalue weighted by Crippen LogP contribution is -2.53. The summed E-state index contributed by atoms with van der Waals surface area (Å²) in [6.07, 6.45) is 5.67. The molecule has 0 spiro atoms. The van der Waals surface area contributed by atoms with Crippen LogP contribution in [-0.4, -0.2) is 24.5 Å². The number of nitrogens with zero attached hydrogens (tertiary/aromatic N) is 1. The molecule has 1 N–H and O–H groups in total. The van der Waals surface area contributed by atoms with Crippen molar-refractivity contribution in [3.05, 3.63) is 69.0 Å². The first-order valence-electron chi connectivity index (χ1n) is 12.5. The molecule has 30 heavy (non-hydrogen) atoms. The van der Waals surface area contributed by atoms with Crippen LogP contribution in [-0.2, 0) is 0 Å². The molecule has 10 aliphatic rings. The van der Waals surface area contributed by atoms with E-state index in [4.69, 9.17) is 0 Å². The highest BCUT2D eigenvalue weighted by molar-refractivity contribution is 5.61. The van der Waals surface area contributed by atoms with Crippen LogP contribution in [0.4, 0.5) is 0 Å². The van der Waals surface area contributed by atoms with Crippen LogP contribution in [0.5, 0.6) is 0 Å². The van der Waals surface area contributed by atoms with Crippen LogP contribution in [0.15, 0.2) is 57.8 Å². The van der Waals surface area contributed by atoms with Crippen LogP contribution in [0.3, 0.4) is 0 Å². The van der Waals surface area contributed by atoms with Crippen molar-refractivity contribution in [3.63, 3.8) is 0 Å². The number of hydrogen-bond acceptors (Lipinski definition) is 2. The summed E-state index contributed by atoms with van der Waals surface area (Å²) in [5, 5.41) is 3.95. The zero-order valence-electron chi connectivity index (χ0n) is 18.2. The number of piperidine rings is 1. The second-order valence-corrected chi connectivity index (χ2v) is 11.1. The Bertz CT molecular complexity index is 997. The summed E-state index contributed by atoms with van der Waals surface area (Å²) in [5.41, 5.74) is 14.3. The molecule has 154 valence electrons. The summed E-state index contributed by atoms with van der Waals surface area (Å²) in [5.74, 6) is 4.24. The lowest BCUT2D eigenvalue weighted by atomic mass is 9.50. The van der Waals surface area contributed by atoms with E-state index < -0.39 is 0 Å². The first-order chi connectivity index (χ1) is 14.7. The molecule has 1 saturated heterocycles. The molecule has 6 bridgehead atoms. The SMILES string of the molecule is CC1C2=C(C(C)C3=C1C1CNC3c3ccccc31)C1CCC2C2=C1C1CCN2CC1. The maximum absolute atomic E-state index is 3.95. The third-order valence-electron chi connectivity index (χ3n) is 10.2. The Balaban J connectivity index is 1.31. The minimum atomic E-state index is 0.452. The topological polar surface area (TPSA) is 15.3 Å². The van der Waals surface area contributed by atoms with E-state index in [1.54, 1.807) is 16.7 Å². The van der Waals surface area contributed by atoms with Crippen molar-refractivity contribution >= 4 is 0 Å². The maximum atomic E-state index is 3.95.